The second-order valence-corrected chi connectivity index (χ2v) is 2.96. The predicted octanol–water partition coefficient (Wildman–Crippen LogP) is -2.69. The first kappa shape index (κ1) is 17.1. The smallest absolute Gasteiger partial charge is 0.243 e. The molecule has 0 aliphatic carbocycles. The van der Waals surface area contributed by atoms with Crippen molar-refractivity contribution in [2.24, 2.45) is 5.73 Å². The summed E-state index contributed by atoms with van der Waals surface area (Å²) in [6.45, 7) is 3.32. The van der Waals surface area contributed by atoms with E-state index in [4.69, 9.17) is 26.2 Å². The third kappa shape index (κ3) is 8.06. The summed E-state index contributed by atoms with van der Waals surface area (Å²) in [5, 5.41) is 33.6. The summed E-state index contributed by atoms with van der Waals surface area (Å²) in [7, 11) is 0. The van der Waals surface area contributed by atoms with Crippen molar-refractivity contribution < 1.29 is 30.0 Å². The summed E-state index contributed by atoms with van der Waals surface area (Å²) in [6.07, 6.45) is -3.19. The lowest BCUT2D eigenvalue weighted by molar-refractivity contribution is -0.137. The minimum absolute atomic E-state index is 0.398. The number of carbonyl (C=O) groups is 2. The molecule has 0 fully saturated rings. The average molecular weight is 235 g/mol. The van der Waals surface area contributed by atoms with Crippen LogP contribution in [-0.4, -0.2) is 57.5 Å². The monoisotopic (exact) mass is 235 g/mol. The number of ketones is 1. The van der Waals surface area contributed by atoms with E-state index in [0.29, 0.717) is 5.57 Å². The van der Waals surface area contributed by atoms with Crippen LogP contribution in [0.15, 0.2) is 12.2 Å². The van der Waals surface area contributed by atoms with Crippen LogP contribution in [0.2, 0.25) is 0 Å². The molecule has 0 heterocycles. The molecule has 94 valence electrons. The highest BCUT2D eigenvalue weighted by Crippen LogP contribution is 1.92. The van der Waals surface area contributed by atoms with Gasteiger partial charge in [-0.2, -0.15) is 0 Å². The van der Waals surface area contributed by atoms with Crippen LogP contribution in [0.5, 0.6) is 0 Å². The first-order valence-electron chi connectivity index (χ1n) is 4.33. The van der Waals surface area contributed by atoms with Crippen molar-refractivity contribution in [1.29, 1.82) is 0 Å². The van der Waals surface area contributed by atoms with Crippen molar-refractivity contribution >= 4 is 11.7 Å². The van der Waals surface area contributed by atoms with Crippen LogP contribution in [0.1, 0.15) is 6.92 Å². The Morgan fingerprint density at radius 1 is 1.31 bits per heavy atom. The maximum absolute atomic E-state index is 10.3. The summed E-state index contributed by atoms with van der Waals surface area (Å²) in [5.41, 5.74) is 5.09. The summed E-state index contributed by atoms with van der Waals surface area (Å²) in [5.74, 6) is -1.34. The number of amides is 1. The first-order valence-corrected chi connectivity index (χ1v) is 4.33. The normalized spacial score (nSPS) is 13.1. The van der Waals surface area contributed by atoms with Gasteiger partial charge in [0.15, 0.2) is 5.78 Å². The van der Waals surface area contributed by atoms with Gasteiger partial charge in [0.1, 0.15) is 18.8 Å². The van der Waals surface area contributed by atoms with Crippen molar-refractivity contribution in [2.45, 2.75) is 19.1 Å². The molecular weight excluding hydrogens is 218 g/mol. The Hall–Kier alpha value is -1.28. The Kier molecular flexibility index (Phi) is 9.61. The zero-order valence-electron chi connectivity index (χ0n) is 8.96. The van der Waals surface area contributed by atoms with E-state index in [2.05, 4.69) is 6.58 Å². The molecule has 0 aliphatic rings. The first-order chi connectivity index (χ1) is 7.27. The molecule has 0 unspecified atom stereocenters. The lowest BCUT2D eigenvalue weighted by Crippen LogP contribution is -2.37. The van der Waals surface area contributed by atoms with Gasteiger partial charge in [0.05, 0.1) is 6.61 Å². The molecule has 7 nitrogen and oxygen atoms in total. The number of carbonyl (C=O) groups excluding carboxylic acids is 2. The largest absolute Gasteiger partial charge is 0.394 e. The van der Waals surface area contributed by atoms with E-state index in [-0.39, 0.29) is 0 Å². The summed E-state index contributed by atoms with van der Waals surface area (Å²) < 4.78 is 0. The van der Waals surface area contributed by atoms with Gasteiger partial charge in [-0.3, -0.25) is 9.59 Å². The fourth-order valence-electron chi connectivity index (χ4n) is 0.408. The van der Waals surface area contributed by atoms with E-state index in [9.17, 15) is 9.59 Å². The van der Waals surface area contributed by atoms with Crippen LogP contribution < -0.4 is 5.73 Å². The number of hydrogen-bond acceptors (Lipinski definition) is 6. The minimum atomic E-state index is -1.69. The van der Waals surface area contributed by atoms with E-state index in [1.807, 2.05) is 0 Å². The van der Waals surface area contributed by atoms with Crippen molar-refractivity contribution in [1.82, 2.24) is 0 Å². The molecule has 0 aliphatic heterocycles. The van der Waals surface area contributed by atoms with Gasteiger partial charge >= 0.3 is 0 Å². The molecule has 7 heteroatoms. The van der Waals surface area contributed by atoms with Crippen LogP contribution >= 0.6 is 0 Å². The minimum Gasteiger partial charge on any atom is -0.394 e. The number of primary amides is 1. The molecule has 0 aromatic rings. The number of hydrogen-bond donors (Lipinski definition) is 5. The molecule has 0 bridgehead atoms. The van der Waals surface area contributed by atoms with Crippen molar-refractivity contribution in [3.63, 3.8) is 0 Å². The summed E-state index contributed by atoms with van der Waals surface area (Å²) >= 11 is 0. The van der Waals surface area contributed by atoms with Crippen LogP contribution in [0, 0.1) is 0 Å². The number of nitrogens with two attached hydrogens (primary N) is 1. The van der Waals surface area contributed by atoms with E-state index >= 15 is 0 Å². The van der Waals surface area contributed by atoms with Crippen LogP contribution in [0.4, 0.5) is 0 Å². The second kappa shape index (κ2) is 8.98. The number of aliphatic hydroxyl groups excluding tert-OH is 4. The summed E-state index contributed by atoms with van der Waals surface area (Å²) in [6, 6.07) is 0. The van der Waals surface area contributed by atoms with Crippen molar-refractivity contribution in [2.75, 3.05) is 13.2 Å². The Balaban J connectivity index is 0. The van der Waals surface area contributed by atoms with Crippen LogP contribution in [-0.2, 0) is 9.59 Å². The topological polar surface area (TPSA) is 141 Å². The van der Waals surface area contributed by atoms with E-state index in [1.165, 1.54) is 0 Å². The van der Waals surface area contributed by atoms with Gasteiger partial charge < -0.3 is 26.2 Å². The third-order valence-corrected chi connectivity index (χ3v) is 1.46. The molecule has 0 aromatic carbocycles. The van der Waals surface area contributed by atoms with Gasteiger partial charge in [-0.15, -0.1) is 0 Å². The van der Waals surface area contributed by atoms with Gasteiger partial charge in [0.25, 0.3) is 0 Å². The molecule has 0 aromatic heterocycles. The van der Waals surface area contributed by atoms with Gasteiger partial charge in [-0.1, -0.05) is 6.58 Å². The number of rotatable bonds is 5. The van der Waals surface area contributed by atoms with Gasteiger partial charge in [0.2, 0.25) is 5.91 Å². The number of aliphatic hydroxyl groups is 4. The van der Waals surface area contributed by atoms with Gasteiger partial charge in [-0.25, -0.2) is 0 Å². The average Bonchev–Trinajstić information content (AvgIpc) is 2.26. The Bertz CT molecular complexity index is 240. The Morgan fingerprint density at radius 3 is 1.88 bits per heavy atom. The zero-order valence-corrected chi connectivity index (χ0v) is 8.96. The van der Waals surface area contributed by atoms with E-state index < -0.39 is 37.1 Å². The molecule has 0 saturated heterocycles. The molecule has 16 heavy (non-hydrogen) atoms. The maximum Gasteiger partial charge on any atom is 0.243 e. The SMILES string of the molecule is C=C(C)C(N)=O.O=C(CO)[C@@H](O)[C@H](O)CO. The van der Waals surface area contributed by atoms with Gasteiger partial charge in [-0.05, 0) is 6.92 Å². The Morgan fingerprint density at radius 2 is 1.69 bits per heavy atom. The molecule has 0 saturated carbocycles. The third-order valence-electron chi connectivity index (χ3n) is 1.46. The van der Waals surface area contributed by atoms with Crippen LogP contribution in [0.25, 0.3) is 0 Å². The standard InChI is InChI=1S/C5H10O5.C4H7NO/c6-1-3(8)5(10)4(9)2-7;1-3(2)4(5)6/h3,5-8,10H,1-2H2;1H2,2H3,(H2,5,6)/t3-,5+;/m1./s1. The lowest BCUT2D eigenvalue weighted by atomic mass is 10.1. The second-order valence-electron chi connectivity index (χ2n) is 2.96. The molecule has 0 radical (unpaired) electrons. The highest BCUT2D eigenvalue weighted by Gasteiger charge is 2.21. The predicted molar refractivity (Wildman–Crippen MR) is 55.2 cm³/mol. The van der Waals surface area contributed by atoms with E-state index in [1.54, 1.807) is 6.92 Å². The van der Waals surface area contributed by atoms with Crippen molar-refractivity contribution in [3.8, 4) is 0 Å². The van der Waals surface area contributed by atoms with E-state index in [0.717, 1.165) is 0 Å². The lowest BCUT2D eigenvalue weighted by Gasteiger charge is -2.11. The fraction of sp³-hybridized carbons (Fsp3) is 0.556. The highest BCUT2D eigenvalue weighted by atomic mass is 16.4. The Labute approximate surface area is 92.8 Å². The maximum atomic E-state index is 10.3. The number of Topliss-reactive ketones (excluding diaryl/α,β-unsaturated/α-hetero) is 1. The molecule has 2 atom stereocenters. The fourth-order valence-corrected chi connectivity index (χ4v) is 0.408. The molecule has 6 N–H and O–H groups in total. The quantitative estimate of drug-likeness (QED) is 0.328. The summed E-state index contributed by atoms with van der Waals surface area (Å²) in [4.78, 5) is 20.2. The molecular formula is C9H17NO6. The van der Waals surface area contributed by atoms with Crippen LogP contribution in [0.3, 0.4) is 0 Å². The van der Waals surface area contributed by atoms with Crippen molar-refractivity contribution in [3.05, 3.63) is 12.2 Å². The molecule has 0 spiro atoms. The highest BCUT2D eigenvalue weighted by molar-refractivity contribution is 5.90. The zero-order chi connectivity index (χ0) is 13.3. The van der Waals surface area contributed by atoms with Gasteiger partial charge in [0, 0.05) is 5.57 Å². The molecule has 1 amide bonds. The molecule has 0 rings (SSSR count).